The van der Waals surface area contributed by atoms with Crippen LogP contribution in [0.2, 0.25) is 0 Å². The number of aromatic nitrogens is 1. The Kier molecular flexibility index (Phi) is 7.72. The van der Waals surface area contributed by atoms with Crippen molar-refractivity contribution in [2.24, 2.45) is 0 Å². The SMILES string of the molecule is CCN(c1cc(F)cc(C(=O)NCc2c(C)cc(C)[nH]c2=O)c1C)C1CCC(NC)CC1. The number of carbonyl (C=O) groups is 1. The van der Waals surface area contributed by atoms with Crippen LogP contribution in [0.3, 0.4) is 0 Å². The second kappa shape index (κ2) is 10.3. The molecule has 1 aliphatic rings. The number of hydrogen-bond donors (Lipinski definition) is 3. The number of benzene rings is 1. The first-order valence-corrected chi connectivity index (χ1v) is 11.5. The second-order valence-corrected chi connectivity index (χ2v) is 8.80. The summed E-state index contributed by atoms with van der Waals surface area (Å²) >= 11 is 0. The molecule has 32 heavy (non-hydrogen) atoms. The van der Waals surface area contributed by atoms with Crippen molar-refractivity contribution in [1.29, 1.82) is 0 Å². The van der Waals surface area contributed by atoms with Crippen LogP contribution in [-0.4, -0.2) is 36.6 Å². The van der Waals surface area contributed by atoms with Gasteiger partial charge in [-0.05, 0) is 89.8 Å². The van der Waals surface area contributed by atoms with Crippen LogP contribution in [0.1, 0.15) is 65.3 Å². The molecule has 1 aromatic heterocycles. The molecule has 0 saturated heterocycles. The van der Waals surface area contributed by atoms with Gasteiger partial charge in [-0.15, -0.1) is 0 Å². The molecule has 174 valence electrons. The average Bonchev–Trinajstić information content (AvgIpc) is 2.75. The first-order valence-electron chi connectivity index (χ1n) is 11.5. The van der Waals surface area contributed by atoms with Gasteiger partial charge >= 0.3 is 0 Å². The van der Waals surface area contributed by atoms with Crippen molar-refractivity contribution < 1.29 is 9.18 Å². The van der Waals surface area contributed by atoms with Gasteiger partial charge in [0.1, 0.15) is 5.82 Å². The molecular weight excluding hydrogens is 407 g/mol. The Labute approximate surface area is 189 Å². The van der Waals surface area contributed by atoms with Crippen LogP contribution >= 0.6 is 0 Å². The molecule has 1 aromatic carbocycles. The first kappa shape index (κ1) is 24.0. The Bertz CT molecular complexity index is 1030. The molecule has 6 nitrogen and oxygen atoms in total. The fourth-order valence-corrected chi connectivity index (χ4v) is 4.87. The van der Waals surface area contributed by atoms with E-state index < -0.39 is 5.82 Å². The highest BCUT2D eigenvalue weighted by atomic mass is 19.1. The van der Waals surface area contributed by atoms with Crippen molar-refractivity contribution in [3.05, 3.63) is 62.3 Å². The van der Waals surface area contributed by atoms with Crippen LogP contribution in [0.15, 0.2) is 23.0 Å². The Balaban J connectivity index is 1.82. The Morgan fingerprint density at radius 2 is 1.84 bits per heavy atom. The van der Waals surface area contributed by atoms with Gasteiger partial charge in [0.25, 0.3) is 11.5 Å². The third-order valence-corrected chi connectivity index (χ3v) is 6.71. The van der Waals surface area contributed by atoms with Crippen LogP contribution in [-0.2, 0) is 6.54 Å². The predicted octanol–water partition coefficient (Wildman–Crippen LogP) is 3.73. The molecule has 3 rings (SSSR count). The zero-order valence-electron chi connectivity index (χ0n) is 19.8. The number of rotatable bonds is 7. The van der Waals surface area contributed by atoms with E-state index in [0.717, 1.165) is 54.7 Å². The maximum absolute atomic E-state index is 14.6. The molecule has 3 N–H and O–H groups in total. The zero-order valence-corrected chi connectivity index (χ0v) is 19.8. The molecule has 0 unspecified atom stereocenters. The minimum Gasteiger partial charge on any atom is -0.369 e. The summed E-state index contributed by atoms with van der Waals surface area (Å²) in [5, 5.41) is 6.16. The van der Waals surface area contributed by atoms with Crippen molar-refractivity contribution in [2.45, 2.75) is 72.0 Å². The fourth-order valence-electron chi connectivity index (χ4n) is 4.87. The van der Waals surface area contributed by atoms with Gasteiger partial charge in [-0.3, -0.25) is 9.59 Å². The van der Waals surface area contributed by atoms with Crippen molar-refractivity contribution in [2.75, 3.05) is 18.5 Å². The van der Waals surface area contributed by atoms with Crippen LogP contribution in [0.5, 0.6) is 0 Å². The molecule has 7 heteroatoms. The molecule has 0 spiro atoms. The van der Waals surface area contributed by atoms with Gasteiger partial charge < -0.3 is 20.5 Å². The standard InChI is InChI=1S/C25H35FN4O2/c1-6-30(20-9-7-19(27-5)8-10-20)23-13-18(26)12-21(17(23)4)24(31)28-14-22-15(2)11-16(3)29-25(22)32/h11-13,19-20,27H,6-10,14H2,1-5H3,(H,28,31)(H,29,32). The lowest BCUT2D eigenvalue weighted by molar-refractivity contribution is 0.0949. The molecule has 0 bridgehead atoms. The number of halogens is 1. The third-order valence-electron chi connectivity index (χ3n) is 6.71. The van der Waals surface area contributed by atoms with Crippen LogP contribution in [0.25, 0.3) is 0 Å². The summed E-state index contributed by atoms with van der Waals surface area (Å²) in [5.74, 6) is -0.806. The number of anilines is 1. The van der Waals surface area contributed by atoms with Crippen molar-refractivity contribution in [3.63, 3.8) is 0 Å². The summed E-state index contributed by atoms with van der Waals surface area (Å²) in [5.41, 5.74) is 3.73. The minimum atomic E-state index is -0.428. The summed E-state index contributed by atoms with van der Waals surface area (Å²) in [4.78, 5) is 30.2. The second-order valence-electron chi connectivity index (χ2n) is 8.80. The number of pyridine rings is 1. The Morgan fingerprint density at radius 3 is 2.44 bits per heavy atom. The van der Waals surface area contributed by atoms with Crippen molar-refractivity contribution >= 4 is 11.6 Å². The number of nitrogens with zero attached hydrogens (tertiary/aromatic N) is 1. The summed E-state index contributed by atoms with van der Waals surface area (Å²) in [6.45, 7) is 8.45. The van der Waals surface area contributed by atoms with Gasteiger partial charge in [0, 0.05) is 47.7 Å². The summed E-state index contributed by atoms with van der Waals surface area (Å²) in [7, 11) is 2.00. The monoisotopic (exact) mass is 442 g/mol. The van der Waals surface area contributed by atoms with Gasteiger partial charge in [0.15, 0.2) is 0 Å². The number of amides is 1. The molecule has 0 atom stereocenters. The molecular formula is C25H35FN4O2. The summed E-state index contributed by atoms with van der Waals surface area (Å²) < 4.78 is 14.6. The number of aromatic amines is 1. The van der Waals surface area contributed by atoms with Gasteiger partial charge in [0.05, 0.1) is 0 Å². The lowest BCUT2D eigenvalue weighted by atomic mass is 9.89. The van der Waals surface area contributed by atoms with Crippen LogP contribution in [0, 0.1) is 26.6 Å². The fraction of sp³-hybridized carbons (Fsp3) is 0.520. The number of H-pyrrole nitrogens is 1. The van der Waals surface area contributed by atoms with E-state index in [1.807, 2.05) is 33.9 Å². The number of aryl methyl sites for hydroxylation is 2. The van der Waals surface area contributed by atoms with E-state index >= 15 is 0 Å². The average molecular weight is 443 g/mol. The summed E-state index contributed by atoms with van der Waals surface area (Å²) in [6, 6.07) is 5.56. The molecule has 1 aliphatic carbocycles. The smallest absolute Gasteiger partial charge is 0.253 e. The van der Waals surface area contributed by atoms with E-state index in [-0.39, 0.29) is 18.0 Å². The molecule has 1 saturated carbocycles. The third kappa shape index (κ3) is 5.21. The molecule has 2 aromatic rings. The van der Waals surface area contributed by atoms with Crippen molar-refractivity contribution in [1.82, 2.24) is 15.6 Å². The van der Waals surface area contributed by atoms with Gasteiger partial charge in [-0.1, -0.05) is 0 Å². The van der Waals surface area contributed by atoms with Gasteiger partial charge in [-0.25, -0.2) is 4.39 Å². The van der Waals surface area contributed by atoms with E-state index in [4.69, 9.17) is 0 Å². The minimum absolute atomic E-state index is 0.0943. The highest BCUT2D eigenvalue weighted by molar-refractivity contribution is 5.97. The Hall–Kier alpha value is -2.67. The normalized spacial score (nSPS) is 18.4. The quantitative estimate of drug-likeness (QED) is 0.611. The lowest BCUT2D eigenvalue weighted by Gasteiger charge is -2.38. The lowest BCUT2D eigenvalue weighted by Crippen LogP contribution is -2.42. The van der Waals surface area contributed by atoms with E-state index in [1.54, 1.807) is 0 Å². The molecule has 1 amide bonds. The van der Waals surface area contributed by atoms with Gasteiger partial charge in [-0.2, -0.15) is 0 Å². The number of carbonyl (C=O) groups excluding carboxylic acids is 1. The highest BCUT2D eigenvalue weighted by Gasteiger charge is 2.27. The molecule has 1 heterocycles. The maximum Gasteiger partial charge on any atom is 0.253 e. The topological polar surface area (TPSA) is 77.2 Å². The maximum atomic E-state index is 14.6. The van der Waals surface area contributed by atoms with E-state index in [9.17, 15) is 14.0 Å². The molecule has 0 aliphatic heterocycles. The highest BCUT2D eigenvalue weighted by Crippen LogP contribution is 2.32. The van der Waals surface area contributed by atoms with Crippen LogP contribution in [0.4, 0.5) is 10.1 Å². The molecule has 0 radical (unpaired) electrons. The van der Waals surface area contributed by atoms with E-state index in [1.165, 1.54) is 12.1 Å². The van der Waals surface area contributed by atoms with E-state index in [2.05, 4.69) is 27.4 Å². The van der Waals surface area contributed by atoms with Gasteiger partial charge in [0.2, 0.25) is 0 Å². The zero-order chi connectivity index (χ0) is 23.4. The van der Waals surface area contributed by atoms with Crippen molar-refractivity contribution in [3.8, 4) is 0 Å². The van der Waals surface area contributed by atoms with Crippen LogP contribution < -0.4 is 21.1 Å². The predicted molar refractivity (Wildman–Crippen MR) is 127 cm³/mol. The number of hydrogen-bond acceptors (Lipinski definition) is 4. The molecule has 1 fully saturated rings. The summed E-state index contributed by atoms with van der Waals surface area (Å²) in [6.07, 6.45) is 4.24. The first-order chi connectivity index (χ1) is 15.2. The Morgan fingerprint density at radius 1 is 1.16 bits per heavy atom. The number of nitrogens with one attached hydrogen (secondary N) is 3. The largest absolute Gasteiger partial charge is 0.369 e. The van der Waals surface area contributed by atoms with E-state index in [0.29, 0.717) is 23.2 Å².